The van der Waals surface area contributed by atoms with E-state index >= 15 is 0 Å². The van der Waals surface area contributed by atoms with E-state index in [1.165, 1.54) is 0 Å². The molecule has 5 heteroatoms. The molecule has 0 radical (unpaired) electrons. The molecule has 0 atom stereocenters. The number of aromatic nitrogens is 1. The summed E-state index contributed by atoms with van der Waals surface area (Å²) in [5.74, 6) is 0.168. The molecule has 0 aromatic carbocycles. The van der Waals surface area contributed by atoms with Crippen molar-refractivity contribution in [3.05, 3.63) is 30.1 Å². The number of nitrogens with zero attached hydrogens (tertiary/aromatic N) is 3. The van der Waals surface area contributed by atoms with Gasteiger partial charge in [0.1, 0.15) is 0 Å². The molecule has 0 saturated heterocycles. The summed E-state index contributed by atoms with van der Waals surface area (Å²) >= 11 is 0. The third kappa shape index (κ3) is 6.31. The highest BCUT2D eigenvalue weighted by molar-refractivity contribution is 5.76. The van der Waals surface area contributed by atoms with E-state index in [2.05, 4.69) is 9.88 Å². The molecule has 1 rings (SSSR count). The Kier molecular flexibility index (Phi) is 7.07. The first-order valence-corrected chi connectivity index (χ1v) is 6.66. The fourth-order valence-corrected chi connectivity index (χ4v) is 1.78. The van der Waals surface area contributed by atoms with Crippen molar-refractivity contribution >= 4 is 5.91 Å². The zero-order valence-electron chi connectivity index (χ0n) is 11.9. The lowest BCUT2D eigenvalue weighted by atomic mass is 10.3. The summed E-state index contributed by atoms with van der Waals surface area (Å²) in [6, 6.07) is 5.87. The molecule has 0 aliphatic rings. The standard InChI is InChI=1S/C14H24N4O/c1-17(12-13-6-3-4-9-16-13)11-7-14(19)18(2)10-5-8-15/h3-4,6,9H,5,7-8,10-12,15H2,1-2H3. The van der Waals surface area contributed by atoms with Crippen LogP contribution in [0.2, 0.25) is 0 Å². The summed E-state index contributed by atoms with van der Waals surface area (Å²) in [6.45, 7) is 2.86. The van der Waals surface area contributed by atoms with Crippen LogP contribution in [0.4, 0.5) is 0 Å². The molecule has 0 unspecified atom stereocenters. The molecule has 106 valence electrons. The van der Waals surface area contributed by atoms with Gasteiger partial charge in [-0.3, -0.25) is 9.78 Å². The van der Waals surface area contributed by atoms with Gasteiger partial charge in [0.15, 0.2) is 0 Å². The largest absolute Gasteiger partial charge is 0.346 e. The van der Waals surface area contributed by atoms with Crippen LogP contribution in [0, 0.1) is 0 Å². The summed E-state index contributed by atoms with van der Waals surface area (Å²) < 4.78 is 0. The SMILES string of the molecule is CN(CCC(=O)N(C)CCCN)Cc1ccccn1. The van der Waals surface area contributed by atoms with Crippen LogP contribution in [-0.2, 0) is 11.3 Å². The zero-order chi connectivity index (χ0) is 14.1. The fraction of sp³-hybridized carbons (Fsp3) is 0.571. The summed E-state index contributed by atoms with van der Waals surface area (Å²) in [5, 5.41) is 0. The molecule has 1 aromatic rings. The average molecular weight is 264 g/mol. The topological polar surface area (TPSA) is 62.5 Å². The molecule has 0 aliphatic carbocycles. The van der Waals surface area contributed by atoms with Gasteiger partial charge in [0, 0.05) is 39.3 Å². The summed E-state index contributed by atoms with van der Waals surface area (Å²) in [6.07, 6.45) is 3.17. The number of hydrogen-bond acceptors (Lipinski definition) is 4. The van der Waals surface area contributed by atoms with Crippen LogP contribution in [0.5, 0.6) is 0 Å². The van der Waals surface area contributed by atoms with Gasteiger partial charge in [-0.1, -0.05) is 6.07 Å². The highest BCUT2D eigenvalue weighted by Gasteiger charge is 2.09. The molecule has 2 N–H and O–H groups in total. The first-order chi connectivity index (χ1) is 9.13. The maximum Gasteiger partial charge on any atom is 0.223 e. The van der Waals surface area contributed by atoms with E-state index in [1.807, 2.05) is 32.3 Å². The zero-order valence-corrected chi connectivity index (χ0v) is 11.9. The van der Waals surface area contributed by atoms with E-state index in [0.717, 1.165) is 31.7 Å². The van der Waals surface area contributed by atoms with Gasteiger partial charge in [-0.25, -0.2) is 0 Å². The van der Waals surface area contributed by atoms with E-state index in [1.54, 1.807) is 11.1 Å². The molecule has 0 bridgehead atoms. The highest BCUT2D eigenvalue weighted by Crippen LogP contribution is 2.01. The van der Waals surface area contributed by atoms with Crippen LogP contribution in [0.25, 0.3) is 0 Å². The van der Waals surface area contributed by atoms with Crippen LogP contribution in [0.3, 0.4) is 0 Å². The van der Waals surface area contributed by atoms with Gasteiger partial charge in [-0.2, -0.15) is 0 Å². The number of nitrogens with two attached hydrogens (primary N) is 1. The number of carbonyl (C=O) groups excluding carboxylic acids is 1. The Morgan fingerprint density at radius 3 is 2.74 bits per heavy atom. The monoisotopic (exact) mass is 264 g/mol. The lowest BCUT2D eigenvalue weighted by molar-refractivity contribution is -0.130. The lowest BCUT2D eigenvalue weighted by Gasteiger charge is -2.20. The maximum absolute atomic E-state index is 11.8. The summed E-state index contributed by atoms with van der Waals surface area (Å²) in [5.41, 5.74) is 6.45. The van der Waals surface area contributed by atoms with Gasteiger partial charge in [0.2, 0.25) is 5.91 Å². The van der Waals surface area contributed by atoms with E-state index in [9.17, 15) is 4.79 Å². The third-order valence-corrected chi connectivity index (χ3v) is 2.99. The Labute approximate surface area is 115 Å². The van der Waals surface area contributed by atoms with Crippen molar-refractivity contribution in [2.45, 2.75) is 19.4 Å². The van der Waals surface area contributed by atoms with Gasteiger partial charge in [0.25, 0.3) is 0 Å². The van der Waals surface area contributed by atoms with Crippen LogP contribution < -0.4 is 5.73 Å². The number of rotatable bonds is 8. The maximum atomic E-state index is 11.8. The highest BCUT2D eigenvalue weighted by atomic mass is 16.2. The van der Waals surface area contributed by atoms with Gasteiger partial charge in [-0.05, 0) is 32.1 Å². The molecule has 1 heterocycles. The second-order valence-corrected chi connectivity index (χ2v) is 4.77. The Balaban J connectivity index is 2.26. The number of amides is 1. The van der Waals surface area contributed by atoms with Crippen molar-refractivity contribution in [3.63, 3.8) is 0 Å². The first-order valence-electron chi connectivity index (χ1n) is 6.66. The van der Waals surface area contributed by atoms with E-state index in [-0.39, 0.29) is 5.91 Å². The molecule has 0 spiro atoms. The minimum atomic E-state index is 0.168. The Bertz CT molecular complexity index is 369. The molecule has 5 nitrogen and oxygen atoms in total. The first kappa shape index (κ1) is 15.6. The minimum Gasteiger partial charge on any atom is -0.346 e. The number of carbonyl (C=O) groups is 1. The average Bonchev–Trinajstić information content (AvgIpc) is 2.43. The van der Waals surface area contributed by atoms with E-state index < -0.39 is 0 Å². The molecule has 0 aliphatic heterocycles. The van der Waals surface area contributed by atoms with Crippen LogP contribution >= 0.6 is 0 Å². The normalized spacial score (nSPS) is 10.7. The van der Waals surface area contributed by atoms with Crippen molar-refractivity contribution < 1.29 is 4.79 Å². The van der Waals surface area contributed by atoms with Crippen molar-refractivity contribution in [2.75, 3.05) is 33.7 Å². The van der Waals surface area contributed by atoms with Gasteiger partial charge >= 0.3 is 0 Å². The van der Waals surface area contributed by atoms with Crippen molar-refractivity contribution in [1.82, 2.24) is 14.8 Å². The molecule has 1 amide bonds. The second-order valence-electron chi connectivity index (χ2n) is 4.77. The molecular weight excluding hydrogens is 240 g/mol. The Morgan fingerprint density at radius 2 is 2.11 bits per heavy atom. The van der Waals surface area contributed by atoms with Gasteiger partial charge < -0.3 is 15.5 Å². The Morgan fingerprint density at radius 1 is 1.32 bits per heavy atom. The van der Waals surface area contributed by atoms with Gasteiger partial charge in [-0.15, -0.1) is 0 Å². The van der Waals surface area contributed by atoms with E-state index in [0.29, 0.717) is 13.0 Å². The lowest BCUT2D eigenvalue weighted by Crippen LogP contribution is -2.32. The second kappa shape index (κ2) is 8.61. The van der Waals surface area contributed by atoms with Crippen molar-refractivity contribution in [1.29, 1.82) is 0 Å². The van der Waals surface area contributed by atoms with Crippen LogP contribution in [-0.4, -0.2) is 54.4 Å². The van der Waals surface area contributed by atoms with Crippen LogP contribution in [0.1, 0.15) is 18.5 Å². The molecule has 0 fully saturated rings. The Hall–Kier alpha value is -1.46. The van der Waals surface area contributed by atoms with Crippen molar-refractivity contribution in [2.24, 2.45) is 5.73 Å². The quantitative estimate of drug-likeness (QED) is 0.751. The third-order valence-electron chi connectivity index (χ3n) is 2.99. The van der Waals surface area contributed by atoms with Crippen LogP contribution in [0.15, 0.2) is 24.4 Å². The molecule has 0 saturated carbocycles. The van der Waals surface area contributed by atoms with Crippen molar-refractivity contribution in [3.8, 4) is 0 Å². The smallest absolute Gasteiger partial charge is 0.223 e. The number of hydrogen-bond donors (Lipinski definition) is 1. The molecular formula is C14H24N4O. The predicted octanol–water partition coefficient (Wildman–Crippen LogP) is 0.711. The number of pyridine rings is 1. The predicted molar refractivity (Wildman–Crippen MR) is 76.5 cm³/mol. The fourth-order valence-electron chi connectivity index (χ4n) is 1.78. The minimum absolute atomic E-state index is 0.168. The van der Waals surface area contributed by atoms with E-state index in [4.69, 9.17) is 5.73 Å². The molecule has 1 aromatic heterocycles. The van der Waals surface area contributed by atoms with Gasteiger partial charge in [0.05, 0.1) is 5.69 Å². The summed E-state index contributed by atoms with van der Waals surface area (Å²) in [7, 11) is 3.83. The molecule has 19 heavy (non-hydrogen) atoms. The summed E-state index contributed by atoms with van der Waals surface area (Å²) in [4.78, 5) is 20.0.